The number of amides is 1. The minimum atomic E-state index is -0.431. The molecule has 5 heteroatoms. The van der Waals surface area contributed by atoms with Crippen LogP contribution < -0.4 is 5.32 Å². The summed E-state index contributed by atoms with van der Waals surface area (Å²) in [5.41, 5.74) is 0. The summed E-state index contributed by atoms with van der Waals surface area (Å²) in [7, 11) is 0. The maximum Gasteiger partial charge on any atom is 0.234 e. The molecule has 0 rings (SSSR count). The first-order chi connectivity index (χ1) is 8.81. The molecule has 0 heterocycles. The van der Waals surface area contributed by atoms with E-state index in [4.69, 9.17) is 5.26 Å². The van der Waals surface area contributed by atoms with E-state index in [0.29, 0.717) is 13.1 Å². The molecule has 108 valence electrons. The number of likely N-dealkylation sites (N-methyl/N-ethyl adjacent to an activating group) is 1. The lowest BCUT2D eigenvalue weighted by Gasteiger charge is -2.24. The summed E-state index contributed by atoms with van der Waals surface area (Å²) >= 11 is 0. The summed E-state index contributed by atoms with van der Waals surface area (Å²) in [5.74, 6) is -0.228. The highest BCUT2D eigenvalue weighted by molar-refractivity contribution is 5.88. The number of carbonyl (C=O) groups is 2. The normalized spacial score (nSPS) is 14.0. The molecule has 1 amide bonds. The molecule has 0 aliphatic heterocycles. The zero-order valence-corrected chi connectivity index (χ0v) is 12.6. The van der Waals surface area contributed by atoms with Crippen LogP contribution in [-0.2, 0) is 9.59 Å². The highest BCUT2D eigenvalue weighted by Crippen LogP contribution is 2.03. The van der Waals surface area contributed by atoms with Gasteiger partial charge >= 0.3 is 0 Å². The molecule has 0 spiro atoms. The zero-order valence-electron chi connectivity index (χ0n) is 12.6. The molecule has 0 aromatic carbocycles. The third-order valence-corrected chi connectivity index (χ3v) is 2.99. The second-order valence-electron chi connectivity index (χ2n) is 5.26. The van der Waals surface area contributed by atoms with E-state index in [2.05, 4.69) is 11.4 Å². The van der Waals surface area contributed by atoms with Crippen LogP contribution in [0.25, 0.3) is 0 Å². The Hall–Kier alpha value is -1.41. The van der Waals surface area contributed by atoms with Gasteiger partial charge in [0.1, 0.15) is 0 Å². The molecule has 0 aliphatic rings. The molecule has 0 fully saturated rings. The van der Waals surface area contributed by atoms with E-state index >= 15 is 0 Å². The number of nitriles is 1. The van der Waals surface area contributed by atoms with Crippen molar-refractivity contribution in [3.63, 3.8) is 0 Å². The molecule has 0 aromatic heterocycles. The van der Waals surface area contributed by atoms with Gasteiger partial charge in [0, 0.05) is 6.54 Å². The summed E-state index contributed by atoms with van der Waals surface area (Å²) in [4.78, 5) is 25.2. The fourth-order valence-corrected chi connectivity index (χ4v) is 1.89. The lowest BCUT2D eigenvalue weighted by molar-refractivity contribution is -0.128. The Kier molecular flexibility index (Phi) is 8.01. The van der Waals surface area contributed by atoms with Crippen LogP contribution in [0.5, 0.6) is 0 Å². The lowest BCUT2D eigenvalue weighted by atomic mass is 10.0. The van der Waals surface area contributed by atoms with E-state index in [0.717, 1.165) is 0 Å². The van der Waals surface area contributed by atoms with Crippen LogP contribution in [0.2, 0.25) is 0 Å². The van der Waals surface area contributed by atoms with Crippen LogP contribution in [0.4, 0.5) is 0 Å². The van der Waals surface area contributed by atoms with Gasteiger partial charge in [-0.3, -0.25) is 14.5 Å². The Balaban J connectivity index is 4.42. The number of hydrogen-bond donors (Lipinski definition) is 1. The van der Waals surface area contributed by atoms with Gasteiger partial charge in [-0.25, -0.2) is 0 Å². The number of Topliss-reactive ketones (excluding diaryl/α,β-unsaturated/α-hetero) is 1. The molecule has 0 saturated carbocycles. The number of nitrogens with zero attached hydrogens (tertiary/aromatic N) is 2. The van der Waals surface area contributed by atoms with Gasteiger partial charge in [-0.05, 0) is 26.3 Å². The third-order valence-electron chi connectivity index (χ3n) is 2.99. The largest absolute Gasteiger partial charge is 0.345 e. The number of nitrogens with one attached hydrogen (secondary N) is 1. The van der Waals surface area contributed by atoms with Crippen LogP contribution in [-0.4, -0.2) is 42.3 Å². The summed E-state index contributed by atoms with van der Waals surface area (Å²) in [6.45, 7) is 10.6. The Bertz CT molecular complexity index is 347. The van der Waals surface area contributed by atoms with Gasteiger partial charge < -0.3 is 5.32 Å². The first kappa shape index (κ1) is 17.6. The molecular formula is C14H25N3O2. The van der Waals surface area contributed by atoms with Gasteiger partial charge in [-0.2, -0.15) is 5.26 Å². The van der Waals surface area contributed by atoms with Crippen molar-refractivity contribution in [2.24, 2.45) is 11.8 Å². The first-order valence-electron chi connectivity index (χ1n) is 6.73. The fraction of sp³-hybridized carbons (Fsp3) is 0.786. The van der Waals surface area contributed by atoms with Gasteiger partial charge in [0.2, 0.25) is 5.91 Å². The van der Waals surface area contributed by atoms with Gasteiger partial charge in [-0.1, -0.05) is 20.8 Å². The van der Waals surface area contributed by atoms with Crippen LogP contribution in [0.1, 0.15) is 34.6 Å². The SMILES string of the molecule is CCN(CC(=O)NC(C(C)=O)C(C)C)CC(C)C#N. The minimum absolute atomic E-state index is 0.0307. The van der Waals surface area contributed by atoms with Crippen LogP contribution >= 0.6 is 0 Å². The Morgan fingerprint density at radius 2 is 1.89 bits per heavy atom. The van der Waals surface area contributed by atoms with Crippen molar-refractivity contribution in [2.45, 2.75) is 40.7 Å². The molecule has 0 aliphatic carbocycles. The zero-order chi connectivity index (χ0) is 15.0. The van der Waals surface area contributed by atoms with Crippen molar-refractivity contribution in [3.8, 4) is 6.07 Å². The molecule has 0 radical (unpaired) electrons. The van der Waals surface area contributed by atoms with Crippen molar-refractivity contribution >= 4 is 11.7 Å². The lowest BCUT2D eigenvalue weighted by Crippen LogP contribution is -2.47. The highest BCUT2D eigenvalue weighted by Gasteiger charge is 2.21. The summed E-state index contributed by atoms with van der Waals surface area (Å²) in [6, 6.07) is 1.72. The standard InChI is InChI=1S/C14H25N3O2/c1-6-17(8-11(4)7-15)9-13(19)16-14(10(2)3)12(5)18/h10-11,14H,6,8-9H2,1-5H3,(H,16,19). The van der Waals surface area contributed by atoms with Crippen LogP contribution in [0.3, 0.4) is 0 Å². The van der Waals surface area contributed by atoms with Crippen molar-refractivity contribution in [1.82, 2.24) is 10.2 Å². The maximum absolute atomic E-state index is 11.9. The van der Waals surface area contributed by atoms with Gasteiger partial charge in [0.25, 0.3) is 0 Å². The Morgan fingerprint density at radius 1 is 1.32 bits per heavy atom. The quantitative estimate of drug-likeness (QED) is 0.717. The van der Waals surface area contributed by atoms with E-state index in [9.17, 15) is 9.59 Å². The highest BCUT2D eigenvalue weighted by atomic mass is 16.2. The molecule has 19 heavy (non-hydrogen) atoms. The topological polar surface area (TPSA) is 73.2 Å². The molecule has 0 aromatic rings. The first-order valence-corrected chi connectivity index (χ1v) is 6.73. The number of carbonyl (C=O) groups excluding carboxylic acids is 2. The maximum atomic E-state index is 11.9. The number of hydrogen-bond acceptors (Lipinski definition) is 4. The van der Waals surface area contributed by atoms with E-state index < -0.39 is 6.04 Å². The fourth-order valence-electron chi connectivity index (χ4n) is 1.89. The average Bonchev–Trinajstić information content (AvgIpc) is 2.33. The van der Waals surface area contributed by atoms with E-state index in [1.54, 1.807) is 0 Å². The monoisotopic (exact) mass is 267 g/mol. The summed E-state index contributed by atoms with van der Waals surface area (Å²) < 4.78 is 0. The number of rotatable bonds is 8. The predicted molar refractivity (Wildman–Crippen MR) is 74.3 cm³/mol. The Labute approximate surface area is 116 Å². The van der Waals surface area contributed by atoms with Crippen molar-refractivity contribution in [1.29, 1.82) is 5.26 Å². The van der Waals surface area contributed by atoms with Crippen molar-refractivity contribution in [2.75, 3.05) is 19.6 Å². The molecule has 0 saturated heterocycles. The van der Waals surface area contributed by atoms with E-state index in [1.165, 1.54) is 6.92 Å². The molecular weight excluding hydrogens is 242 g/mol. The van der Waals surface area contributed by atoms with Crippen LogP contribution in [0, 0.1) is 23.2 Å². The second-order valence-corrected chi connectivity index (χ2v) is 5.26. The molecule has 0 bridgehead atoms. The summed E-state index contributed by atoms with van der Waals surface area (Å²) in [5, 5.41) is 11.5. The van der Waals surface area contributed by atoms with Crippen molar-refractivity contribution in [3.05, 3.63) is 0 Å². The summed E-state index contributed by atoms with van der Waals surface area (Å²) in [6.07, 6.45) is 0. The van der Waals surface area contributed by atoms with Crippen LogP contribution in [0.15, 0.2) is 0 Å². The smallest absolute Gasteiger partial charge is 0.234 e. The molecule has 1 N–H and O–H groups in total. The molecule has 2 unspecified atom stereocenters. The molecule has 2 atom stereocenters. The predicted octanol–water partition coefficient (Wildman–Crippen LogP) is 1.20. The van der Waals surface area contributed by atoms with Gasteiger partial charge in [-0.15, -0.1) is 0 Å². The second kappa shape index (κ2) is 8.65. The average molecular weight is 267 g/mol. The van der Waals surface area contributed by atoms with Crippen molar-refractivity contribution < 1.29 is 9.59 Å². The van der Waals surface area contributed by atoms with Gasteiger partial charge in [0.05, 0.1) is 24.6 Å². The third kappa shape index (κ3) is 6.92. The Morgan fingerprint density at radius 3 is 2.26 bits per heavy atom. The number of ketones is 1. The van der Waals surface area contributed by atoms with E-state index in [1.807, 2.05) is 32.6 Å². The minimum Gasteiger partial charge on any atom is -0.345 e. The van der Waals surface area contributed by atoms with E-state index in [-0.39, 0.29) is 30.1 Å². The van der Waals surface area contributed by atoms with Gasteiger partial charge in [0.15, 0.2) is 5.78 Å². The molecule has 5 nitrogen and oxygen atoms in total.